The molecule has 5 nitrogen and oxygen atoms in total. The van der Waals surface area contributed by atoms with E-state index in [1.165, 1.54) is 4.90 Å². The zero-order valence-corrected chi connectivity index (χ0v) is 14.1. The number of carbonyl (C=O) groups is 2. The van der Waals surface area contributed by atoms with E-state index in [0.717, 1.165) is 16.5 Å². The molecule has 2 amide bonds. The molecule has 1 atom stereocenters. The molecule has 0 aromatic heterocycles. The van der Waals surface area contributed by atoms with Crippen LogP contribution in [-0.4, -0.2) is 17.9 Å². The molecule has 0 spiro atoms. The molecule has 4 rings (SSSR count). The van der Waals surface area contributed by atoms with Gasteiger partial charge in [-0.05, 0) is 42.6 Å². The lowest BCUT2D eigenvalue weighted by Gasteiger charge is -2.24. The summed E-state index contributed by atoms with van der Waals surface area (Å²) in [6.45, 7) is 1.70. The monoisotopic (exact) mass is 341 g/mol. The number of hydrogen-bond acceptors (Lipinski definition) is 3. The van der Waals surface area contributed by atoms with Gasteiger partial charge in [0.15, 0.2) is 0 Å². The van der Waals surface area contributed by atoms with Crippen molar-refractivity contribution < 1.29 is 9.59 Å². The van der Waals surface area contributed by atoms with Crippen LogP contribution in [0, 0.1) is 11.3 Å². The summed E-state index contributed by atoms with van der Waals surface area (Å²) >= 11 is 0. The van der Waals surface area contributed by atoms with E-state index >= 15 is 0 Å². The third kappa shape index (κ3) is 2.40. The minimum absolute atomic E-state index is 0.176. The highest BCUT2D eigenvalue weighted by Gasteiger charge is 2.35. The standard InChI is InChI=1S/C21H15N3O2/c1-13(20(25)23-16-8-2-5-14(11-16)12-22)24-18-10-4-7-15-6-3-9-17(19(15)18)21(24)26/h2-11,13H,1H3,(H,23,25)/t13-/m0/s1. The largest absolute Gasteiger partial charge is 0.324 e. The molecule has 126 valence electrons. The second-order valence-corrected chi connectivity index (χ2v) is 6.21. The number of nitrogens with zero attached hydrogens (tertiary/aromatic N) is 2. The van der Waals surface area contributed by atoms with Gasteiger partial charge in [0.05, 0.1) is 17.3 Å². The fourth-order valence-electron chi connectivity index (χ4n) is 3.35. The second kappa shape index (κ2) is 6.01. The lowest BCUT2D eigenvalue weighted by atomic mass is 10.1. The van der Waals surface area contributed by atoms with Crippen LogP contribution in [-0.2, 0) is 4.79 Å². The fourth-order valence-corrected chi connectivity index (χ4v) is 3.35. The van der Waals surface area contributed by atoms with Crippen molar-refractivity contribution in [3.05, 3.63) is 71.8 Å². The Kier molecular flexibility index (Phi) is 3.67. The van der Waals surface area contributed by atoms with E-state index in [9.17, 15) is 9.59 Å². The summed E-state index contributed by atoms with van der Waals surface area (Å²) in [7, 11) is 0. The van der Waals surface area contributed by atoms with Crippen molar-refractivity contribution in [1.82, 2.24) is 0 Å². The first-order chi connectivity index (χ1) is 12.6. The zero-order chi connectivity index (χ0) is 18.3. The van der Waals surface area contributed by atoms with Crippen LogP contribution in [0.4, 0.5) is 11.4 Å². The molecule has 0 aliphatic carbocycles. The van der Waals surface area contributed by atoms with E-state index in [0.29, 0.717) is 16.8 Å². The summed E-state index contributed by atoms with van der Waals surface area (Å²) in [5.74, 6) is -0.483. The van der Waals surface area contributed by atoms with Crippen molar-refractivity contribution in [2.45, 2.75) is 13.0 Å². The highest BCUT2D eigenvalue weighted by atomic mass is 16.2. The first-order valence-electron chi connectivity index (χ1n) is 8.26. The maximum atomic E-state index is 12.9. The maximum Gasteiger partial charge on any atom is 0.259 e. The molecule has 0 radical (unpaired) electrons. The Morgan fingerprint density at radius 3 is 2.62 bits per heavy atom. The van der Waals surface area contributed by atoms with Crippen molar-refractivity contribution >= 4 is 34.0 Å². The van der Waals surface area contributed by atoms with Crippen LogP contribution in [0.1, 0.15) is 22.8 Å². The Labute approximate surface area is 150 Å². The molecule has 0 fully saturated rings. The minimum atomic E-state index is -0.689. The van der Waals surface area contributed by atoms with Crippen LogP contribution in [0.15, 0.2) is 60.7 Å². The van der Waals surface area contributed by atoms with Crippen LogP contribution in [0.3, 0.4) is 0 Å². The SMILES string of the molecule is C[C@@H](C(=O)Nc1cccc(C#N)c1)N1C(=O)c2cccc3cccc1c23. The number of nitriles is 1. The Bertz CT molecular complexity index is 1090. The molecule has 0 saturated heterocycles. The summed E-state index contributed by atoms with van der Waals surface area (Å²) < 4.78 is 0. The van der Waals surface area contributed by atoms with Crippen molar-refractivity contribution in [2.24, 2.45) is 0 Å². The molecule has 3 aromatic rings. The van der Waals surface area contributed by atoms with E-state index < -0.39 is 6.04 Å². The molecular weight excluding hydrogens is 326 g/mol. The third-order valence-corrected chi connectivity index (χ3v) is 4.62. The normalized spacial score (nSPS) is 13.5. The number of benzene rings is 3. The lowest BCUT2D eigenvalue weighted by molar-refractivity contribution is -0.117. The van der Waals surface area contributed by atoms with Gasteiger partial charge < -0.3 is 5.32 Å². The summed E-state index contributed by atoms with van der Waals surface area (Å²) in [6.07, 6.45) is 0. The van der Waals surface area contributed by atoms with E-state index in [1.54, 1.807) is 37.3 Å². The molecule has 26 heavy (non-hydrogen) atoms. The van der Waals surface area contributed by atoms with Gasteiger partial charge in [-0.3, -0.25) is 14.5 Å². The fraction of sp³-hybridized carbons (Fsp3) is 0.0952. The lowest BCUT2D eigenvalue weighted by Crippen LogP contribution is -2.44. The van der Waals surface area contributed by atoms with E-state index in [4.69, 9.17) is 5.26 Å². The summed E-state index contributed by atoms with van der Waals surface area (Å²) in [6, 6.07) is 19.3. The van der Waals surface area contributed by atoms with Crippen molar-refractivity contribution in [3.63, 3.8) is 0 Å². The smallest absolute Gasteiger partial charge is 0.259 e. The molecule has 5 heteroatoms. The molecule has 1 N–H and O–H groups in total. The molecule has 0 unspecified atom stereocenters. The first kappa shape index (κ1) is 15.9. The Morgan fingerprint density at radius 2 is 1.85 bits per heavy atom. The average molecular weight is 341 g/mol. The molecule has 1 aliphatic rings. The van der Waals surface area contributed by atoms with E-state index in [1.807, 2.05) is 36.4 Å². The molecular formula is C21H15N3O2. The van der Waals surface area contributed by atoms with Crippen molar-refractivity contribution in [2.75, 3.05) is 10.2 Å². The van der Waals surface area contributed by atoms with Crippen LogP contribution in [0.5, 0.6) is 0 Å². The van der Waals surface area contributed by atoms with Crippen molar-refractivity contribution in [1.29, 1.82) is 5.26 Å². The van der Waals surface area contributed by atoms with Crippen LogP contribution in [0.2, 0.25) is 0 Å². The van der Waals surface area contributed by atoms with Crippen LogP contribution in [0.25, 0.3) is 10.8 Å². The Morgan fingerprint density at radius 1 is 1.12 bits per heavy atom. The number of hydrogen-bond donors (Lipinski definition) is 1. The van der Waals surface area contributed by atoms with E-state index in [2.05, 4.69) is 5.32 Å². The summed E-state index contributed by atoms with van der Waals surface area (Å²) in [5, 5.41) is 13.6. The molecule has 1 heterocycles. The van der Waals surface area contributed by atoms with Gasteiger partial charge in [0.2, 0.25) is 5.91 Å². The third-order valence-electron chi connectivity index (χ3n) is 4.62. The molecule has 0 saturated carbocycles. The minimum Gasteiger partial charge on any atom is -0.324 e. The number of nitrogens with one attached hydrogen (secondary N) is 1. The number of rotatable bonds is 3. The summed E-state index contributed by atoms with van der Waals surface area (Å²) in [4.78, 5) is 27.1. The average Bonchev–Trinajstić information content (AvgIpc) is 2.95. The highest BCUT2D eigenvalue weighted by molar-refractivity contribution is 6.26. The van der Waals surface area contributed by atoms with E-state index in [-0.39, 0.29) is 11.8 Å². The topological polar surface area (TPSA) is 73.2 Å². The maximum absolute atomic E-state index is 12.9. The van der Waals surface area contributed by atoms with Crippen LogP contribution >= 0.6 is 0 Å². The number of anilines is 2. The van der Waals surface area contributed by atoms with Crippen molar-refractivity contribution in [3.8, 4) is 6.07 Å². The zero-order valence-electron chi connectivity index (χ0n) is 14.1. The number of amides is 2. The van der Waals surface area contributed by atoms with Gasteiger partial charge >= 0.3 is 0 Å². The van der Waals surface area contributed by atoms with Gasteiger partial charge in [0.1, 0.15) is 6.04 Å². The molecule has 0 bridgehead atoms. The van der Waals surface area contributed by atoms with Gasteiger partial charge in [-0.1, -0.05) is 30.3 Å². The first-order valence-corrected chi connectivity index (χ1v) is 8.26. The highest BCUT2D eigenvalue weighted by Crippen LogP contribution is 2.38. The molecule has 3 aromatic carbocycles. The predicted molar refractivity (Wildman–Crippen MR) is 100 cm³/mol. The Balaban J connectivity index is 1.66. The number of carbonyl (C=O) groups excluding carboxylic acids is 2. The Hall–Kier alpha value is -3.65. The second-order valence-electron chi connectivity index (χ2n) is 6.21. The molecule has 1 aliphatic heterocycles. The van der Waals surface area contributed by atoms with Gasteiger partial charge in [-0.25, -0.2) is 0 Å². The van der Waals surface area contributed by atoms with Gasteiger partial charge in [0, 0.05) is 16.6 Å². The van der Waals surface area contributed by atoms with Gasteiger partial charge in [0.25, 0.3) is 5.91 Å². The predicted octanol–water partition coefficient (Wildman–Crippen LogP) is 3.70. The quantitative estimate of drug-likeness (QED) is 0.789. The van der Waals surface area contributed by atoms with Gasteiger partial charge in [-0.15, -0.1) is 0 Å². The van der Waals surface area contributed by atoms with Crippen LogP contribution < -0.4 is 10.2 Å². The summed E-state index contributed by atoms with van der Waals surface area (Å²) in [5.41, 5.74) is 2.36. The van der Waals surface area contributed by atoms with Gasteiger partial charge in [-0.2, -0.15) is 5.26 Å².